The summed E-state index contributed by atoms with van der Waals surface area (Å²) >= 11 is 0. The molecule has 2 nitrogen and oxygen atoms in total. The quantitative estimate of drug-likeness (QED) is 0.755. The van der Waals surface area contributed by atoms with E-state index in [0.717, 1.165) is 37.9 Å². The van der Waals surface area contributed by atoms with E-state index in [1.54, 1.807) is 12.7 Å². The van der Waals surface area contributed by atoms with E-state index < -0.39 is 0 Å². The molecule has 144 valence electrons. The highest BCUT2D eigenvalue weighted by Gasteiger charge is 2.49. The Morgan fingerprint density at radius 3 is 2.64 bits per heavy atom. The van der Waals surface area contributed by atoms with Crippen LogP contribution in [0.2, 0.25) is 0 Å². The van der Waals surface area contributed by atoms with Crippen molar-refractivity contribution in [2.24, 2.45) is 5.41 Å². The van der Waals surface area contributed by atoms with Crippen LogP contribution in [0.15, 0.2) is 71.8 Å². The highest BCUT2D eigenvalue weighted by Crippen LogP contribution is 2.57. The van der Waals surface area contributed by atoms with Crippen molar-refractivity contribution in [3.05, 3.63) is 88.5 Å². The molecule has 2 heteroatoms. The van der Waals surface area contributed by atoms with E-state index in [1.165, 1.54) is 22.3 Å². The molecular formula is C26H28O2. The average molecular weight is 373 g/mol. The Balaban J connectivity index is 1.72. The van der Waals surface area contributed by atoms with Gasteiger partial charge in [-0.3, -0.25) is 0 Å². The molecule has 5 rings (SSSR count). The van der Waals surface area contributed by atoms with Crippen molar-refractivity contribution >= 4 is 0 Å². The first-order valence-electron chi connectivity index (χ1n) is 10.4. The Kier molecular flexibility index (Phi) is 4.03. The summed E-state index contributed by atoms with van der Waals surface area (Å²) < 4.78 is 5.50. The second-order valence-electron chi connectivity index (χ2n) is 8.93. The van der Waals surface area contributed by atoms with Crippen LogP contribution in [0.4, 0.5) is 0 Å². The van der Waals surface area contributed by atoms with Gasteiger partial charge in [-0.05, 0) is 60.9 Å². The van der Waals surface area contributed by atoms with Crippen LogP contribution in [0.5, 0.6) is 5.75 Å². The highest BCUT2D eigenvalue weighted by atomic mass is 16.5. The fourth-order valence-electron chi connectivity index (χ4n) is 5.89. The zero-order valence-corrected chi connectivity index (χ0v) is 16.7. The van der Waals surface area contributed by atoms with Crippen molar-refractivity contribution in [3.63, 3.8) is 0 Å². The number of allylic oxidation sites excluding steroid dienone is 3. The SMILES string of the molecule is COc1ccc2c(c1)CCC1=C3C[C@@H](O)C[C@@]3(C)C=C[C@]12Cc1ccccc1. The largest absolute Gasteiger partial charge is 0.497 e. The Morgan fingerprint density at radius 2 is 1.86 bits per heavy atom. The number of benzene rings is 2. The molecule has 0 spiro atoms. The van der Waals surface area contributed by atoms with Gasteiger partial charge in [0.1, 0.15) is 5.75 Å². The van der Waals surface area contributed by atoms with Gasteiger partial charge in [-0.1, -0.05) is 66.6 Å². The number of hydrogen-bond donors (Lipinski definition) is 1. The first kappa shape index (κ1) is 17.8. The molecule has 0 bridgehead atoms. The van der Waals surface area contributed by atoms with Crippen molar-refractivity contribution in [1.82, 2.24) is 0 Å². The van der Waals surface area contributed by atoms with Crippen LogP contribution in [-0.2, 0) is 18.3 Å². The van der Waals surface area contributed by atoms with Crippen molar-refractivity contribution in [2.75, 3.05) is 7.11 Å². The molecule has 0 saturated heterocycles. The maximum atomic E-state index is 10.5. The summed E-state index contributed by atoms with van der Waals surface area (Å²) in [7, 11) is 1.74. The van der Waals surface area contributed by atoms with Gasteiger partial charge in [0.25, 0.3) is 0 Å². The van der Waals surface area contributed by atoms with Gasteiger partial charge in [0.05, 0.1) is 13.2 Å². The normalized spacial score (nSPS) is 30.6. The van der Waals surface area contributed by atoms with E-state index in [0.29, 0.717) is 0 Å². The first-order valence-corrected chi connectivity index (χ1v) is 10.4. The lowest BCUT2D eigenvalue weighted by atomic mass is 9.57. The van der Waals surface area contributed by atoms with Crippen LogP contribution in [0, 0.1) is 5.41 Å². The number of rotatable bonds is 3. The van der Waals surface area contributed by atoms with Crippen molar-refractivity contribution in [3.8, 4) is 5.75 Å². The number of aryl methyl sites for hydroxylation is 1. The van der Waals surface area contributed by atoms with E-state index in [4.69, 9.17) is 4.74 Å². The summed E-state index contributed by atoms with van der Waals surface area (Å²) in [5, 5.41) is 10.5. The molecule has 3 atom stereocenters. The minimum Gasteiger partial charge on any atom is -0.497 e. The van der Waals surface area contributed by atoms with Gasteiger partial charge in [0.2, 0.25) is 0 Å². The zero-order chi connectivity index (χ0) is 19.4. The first-order chi connectivity index (χ1) is 13.5. The van der Waals surface area contributed by atoms with Crippen LogP contribution in [0.3, 0.4) is 0 Å². The van der Waals surface area contributed by atoms with Gasteiger partial charge in [-0.2, -0.15) is 0 Å². The smallest absolute Gasteiger partial charge is 0.119 e. The van der Waals surface area contributed by atoms with Gasteiger partial charge < -0.3 is 9.84 Å². The van der Waals surface area contributed by atoms with Crippen LogP contribution in [0.25, 0.3) is 0 Å². The minimum atomic E-state index is -0.220. The summed E-state index contributed by atoms with van der Waals surface area (Å²) in [6.45, 7) is 2.30. The van der Waals surface area contributed by atoms with Crippen molar-refractivity contribution in [1.29, 1.82) is 0 Å². The number of methoxy groups -OCH3 is 1. The van der Waals surface area contributed by atoms with E-state index >= 15 is 0 Å². The second-order valence-corrected chi connectivity index (χ2v) is 8.93. The molecule has 0 radical (unpaired) electrons. The average Bonchev–Trinajstić information content (AvgIpc) is 3.02. The molecule has 0 unspecified atom stereocenters. The van der Waals surface area contributed by atoms with Crippen LogP contribution in [-0.4, -0.2) is 18.3 Å². The molecule has 0 heterocycles. The number of ether oxygens (including phenoxy) is 1. The Bertz CT molecular complexity index is 971. The number of aliphatic hydroxyl groups is 1. The molecule has 0 amide bonds. The molecule has 0 aromatic heterocycles. The fraction of sp³-hybridized carbons (Fsp3) is 0.385. The highest BCUT2D eigenvalue weighted by molar-refractivity contribution is 5.58. The summed E-state index contributed by atoms with van der Waals surface area (Å²) in [5.74, 6) is 0.936. The molecule has 1 fully saturated rings. The Labute approximate surface area is 167 Å². The molecule has 2 aromatic rings. The molecule has 28 heavy (non-hydrogen) atoms. The predicted octanol–water partition coefficient (Wildman–Crippen LogP) is 5.15. The minimum absolute atomic E-state index is 0.0128. The molecule has 1 N–H and O–H groups in total. The third-order valence-electron chi connectivity index (χ3n) is 7.19. The third-order valence-corrected chi connectivity index (χ3v) is 7.19. The van der Waals surface area contributed by atoms with E-state index in [9.17, 15) is 5.11 Å². The maximum absolute atomic E-state index is 10.5. The molecule has 0 aliphatic heterocycles. The van der Waals surface area contributed by atoms with Gasteiger partial charge in [-0.15, -0.1) is 0 Å². The zero-order valence-electron chi connectivity index (χ0n) is 16.7. The third kappa shape index (κ3) is 2.58. The molecule has 3 aliphatic carbocycles. The van der Waals surface area contributed by atoms with E-state index in [2.05, 4.69) is 67.6 Å². The lowest BCUT2D eigenvalue weighted by Gasteiger charge is -2.46. The van der Waals surface area contributed by atoms with Crippen molar-refractivity contribution < 1.29 is 9.84 Å². The monoisotopic (exact) mass is 372 g/mol. The summed E-state index contributed by atoms with van der Waals surface area (Å²) in [4.78, 5) is 0. The Morgan fingerprint density at radius 1 is 1.04 bits per heavy atom. The van der Waals surface area contributed by atoms with Crippen LogP contribution >= 0.6 is 0 Å². The van der Waals surface area contributed by atoms with Crippen LogP contribution < -0.4 is 4.74 Å². The number of hydrogen-bond acceptors (Lipinski definition) is 2. The van der Waals surface area contributed by atoms with Gasteiger partial charge in [-0.25, -0.2) is 0 Å². The lowest BCUT2D eigenvalue weighted by Crippen LogP contribution is -2.39. The van der Waals surface area contributed by atoms with Crippen LogP contribution in [0.1, 0.15) is 42.9 Å². The predicted molar refractivity (Wildman–Crippen MR) is 113 cm³/mol. The van der Waals surface area contributed by atoms with Gasteiger partial charge in [0.15, 0.2) is 0 Å². The molecular weight excluding hydrogens is 344 g/mol. The second kappa shape index (κ2) is 6.35. The van der Waals surface area contributed by atoms with Crippen molar-refractivity contribution in [2.45, 2.75) is 50.5 Å². The Hall–Kier alpha value is -2.32. The lowest BCUT2D eigenvalue weighted by molar-refractivity contribution is 0.172. The molecule has 2 aromatic carbocycles. The van der Waals surface area contributed by atoms with Gasteiger partial charge >= 0.3 is 0 Å². The summed E-state index contributed by atoms with van der Waals surface area (Å²) in [5.41, 5.74) is 7.10. The molecule has 3 aliphatic rings. The standard InChI is InChI=1S/C26H28O2/c1-25-12-13-26(16-18-6-4-3-5-7-18)22-11-9-21(28-2)14-19(22)8-10-23(26)24(25)15-20(27)17-25/h3-7,9,11-14,20,27H,8,10,15-17H2,1-2H3/t20-,25-,26-/m1/s1. The molecule has 1 saturated carbocycles. The summed E-state index contributed by atoms with van der Waals surface area (Å²) in [6, 6.07) is 17.4. The summed E-state index contributed by atoms with van der Waals surface area (Å²) in [6.07, 6.45) is 9.37. The maximum Gasteiger partial charge on any atom is 0.119 e. The number of aliphatic hydroxyl groups excluding tert-OH is 1. The van der Waals surface area contributed by atoms with Gasteiger partial charge in [0, 0.05) is 10.8 Å². The topological polar surface area (TPSA) is 29.5 Å². The van der Waals surface area contributed by atoms with E-state index in [1.807, 2.05) is 0 Å². The number of fused-ring (bicyclic) bond motifs is 4. The fourth-order valence-corrected chi connectivity index (χ4v) is 5.89. The van der Waals surface area contributed by atoms with E-state index in [-0.39, 0.29) is 16.9 Å².